The van der Waals surface area contributed by atoms with Gasteiger partial charge in [-0.25, -0.2) is 0 Å². The van der Waals surface area contributed by atoms with Crippen molar-refractivity contribution in [1.82, 2.24) is 9.71 Å². The van der Waals surface area contributed by atoms with E-state index in [1.807, 2.05) is 42.5 Å². The molecular weight excluding hydrogens is 478 g/mol. The lowest BCUT2D eigenvalue weighted by Crippen LogP contribution is -2.35. The minimum atomic E-state index is -0.171. The number of anilines is 1. The predicted molar refractivity (Wildman–Crippen MR) is 146 cm³/mol. The average Bonchev–Trinajstić information content (AvgIpc) is 3.27. The first kappa shape index (κ1) is 24.1. The van der Waals surface area contributed by atoms with Crippen molar-refractivity contribution < 1.29 is 9.84 Å². The van der Waals surface area contributed by atoms with Gasteiger partial charge in [0, 0.05) is 58.4 Å². The highest BCUT2D eigenvalue weighted by molar-refractivity contribution is 7.97. The lowest BCUT2D eigenvalue weighted by Gasteiger charge is -2.31. The van der Waals surface area contributed by atoms with Crippen LogP contribution >= 0.6 is 23.5 Å². The first-order valence-corrected chi connectivity index (χ1v) is 13.3. The third kappa shape index (κ3) is 6.33. The van der Waals surface area contributed by atoms with E-state index < -0.39 is 0 Å². The highest BCUT2D eigenvalue weighted by atomic mass is 35.5. The Morgan fingerprint density at radius 1 is 1.03 bits per heavy atom. The molecule has 0 radical (unpaired) electrons. The molecule has 0 spiro atoms. The summed E-state index contributed by atoms with van der Waals surface area (Å²) in [6, 6.07) is 22.3. The predicted octanol–water partition coefficient (Wildman–Crippen LogP) is 6.80. The van der Waals surface area contributed by atoms with E-state index in [2.05, 4.69) is 45.1 Å². The van der Waals surface area contributed by atoms with Crippen molar-refractivity contribution in [2.24, 2.45) is 0 Å². The summed E-state index contributed by atoms with van der Waals surface area (Å²) in [7, 11) is 0. The van der Waals surface area contributed by atoms with E-state index in [4.69, 9.17) is 16.3 Å². The molecule has 0 saturated carbocycles. The molecule has 3 N–H and O–H groups in total. The van der Waals surface area contributed by atoms with Gasteiger partial charge in [0.1, 0.15) is 11.5 Å². The molecule has 0 bridgehead atoms. The number of fused-ring (bicyclic) bond motifs is 1. The van der Waals surface area contributed by atoms with Gasteiger partial charge in [0.15, 0.2) is 0 Å². The van der Waals surface area contributed by atoms with Gasteiger partial charge in [-0.15, -0.1) is 0 Å². The van der Waals surface area contributed by atoms with Gasteiger partial charge in [-0.05, 0) is 97.8 Å². The zero-order valence-corrected chi connectivity index (χ0v) is 21.1. The number of aromatic nitrogens is 1. The molecule has 1 aliphatic rings. The van der Waals surface area contributed by atoms with Crippen LogP contribution in [0.15, 0.2) is 77.8 Å². The molecule has 7 heteroatoms. The standard InChI is InChI=1S/C28H30ClN3O2S/c29-21-6-11-28-27(17-21)20(19-30-28)3-2-14-31-35-26-9-7-24(8-10-26)34-25-5-1-4-22(18-25)32-15-12-23(33)13-16-32/h1,4-11,17-19,23,30-31,33H,2-3,12-16H2. The minimum absolute atomic E-state index is 0.171. The van der Waals surface area contributed by atoms with Crippen LogP contribution in [0.25, 0.3) is 10.9 Å². The molecule has 1 saturated heterocycles. The molecule has 5 nitrogen and oxygen atoms in total. The number of ether oxygens (including phenoxy) is 1. The number of aryl methyl sites for hydroxylation is 1. The Hall–Kier alpha value is -2.64. The first-order chi connectivity index (χ1) is 17.1. The van der Waals surface area contributed by atoms with Crippen molar-refractivity contribution in [3.8, 4) is 11.5 Å². The van der Waals surface area contributed by atoms with Crippen LogP contribution in [0.5, 0.6) is 11.5 Å². The molecule has 35 heavy (non-hydrogen) atoms. The van der Waals surface area contributed by atoms with Crippen molar-refractivity contribution in [3.63, 3.8) is 0 Å². The third-order valence-corrected chi connectivity index (χ3v) is 7.44. The van der Waals surface area contributed by atoms with Crippen LogP contribution in [0, 0.1) is 0 Å². The van der Waals surface area contributed by atoms with Crippen molar-refractivity contribution >= 4 is 40.1 Å². The number of aliphatic hydroxyl groups excluding tert-OH is 1. The second-order valence-corrected chi connectivity index (χ2v) is 10.3. The van der Waals surface area contributed by atoms with Crippen molar-refractivity contribution in [1.29, 1.82) is 0 Å². The first-order valence-electron chi connectivity index (χ1n) is 12.1. The van der Waals surface area contributed by atoms with Crippen molar-refractivity contribution in [2.45, 2.75) is 36.7 Å². The Labute approximate surface area is 215 Å². The second-order valence-electron chi connectivity index (χ2n) is 8.89. The fourth-order valence-corrected chi connectivity index (χ4v) is 5.28. The Kier molecular flexibility index (Phi) is 7.84. The molecule has 0 unspecified atom stereocenters. The lowest BCUT2D eigenvalue weighted by atomic mass is 10.1. The fraction of sp³-hybridized carbons (Fsp3) is 0.286. The van der Waals surface area contributed by atoms with Crippen LogP contribution < -0.4 is 14.4 Å². The van der Waals surface area contributed by atoms with Crippen LogP contribution in [0.4, 0.5) is 5.69 Å². The monoisotopic (exact) mass is 507 g/mol. The Balaban J connectivity index is 1.08. The van der Waals surface area contributed by atoms with Gasteiger partial charge in [-0.3, -0.25) is 4.72 Å². The van der Waals surface area contributed by atoms with Crippen LogP contribution in [-0.2, 0) is 6.42 Å². The van der Waals surface area contributed by atoms with Gasteiger partial charge in [0.05, 0.1) is 6.10 Å². The maximum atomic E-state index is 9.75. The third-order valence-electron chi connectivity index (χ3n) is 6.35. The largest absolute Gasteiger partial charge is 0.457 e. The molecule has 0 aliphatic carbocycles. The van der Waals surface area contributed by atoms with E-state index >= 15 is 0 Å². The van der Waals surface area contributed by atoms with Gasteiger partial charge in [0.25, 0.3) is 0 Å². The van der Waals surface area contributed by atoms with E-state index in [9.17, 15) is 5.11 Å². The summed E-state index contributed by atoms with van der Waals surface area (Å²) in [6.07, 6.45) is 5.58. The SMILES string of the molecule is OC1CCN(c2cccc(Oc3ccc(SNCCCc4c[nH]c5ccc(Cl)cc45)cc3)c2)CC1. The zero-order chi connectivity index (χ0) is 24.0. The summed E-state index contributed by atoms with van der Waals surface area (Å²) < 4.78 is 9.55. The number of H-pyrrole nitrogens is 1. The topological polar surface area (TPSA) is 60.5 Å². The van der Waals surface area contributed by atoms with Crippen molar-refractivity contribution in [2.75, 3.05) is 24.5 Å². The van der Waals surface area contributed by atoms with Crippen LogP contribution in [0.2, 0.25) is 5.02 Å². The maximum Gasteiger partial charge on any atom is 0.129 e. The van der Waals surface area contributed by atoms with Crippen LogP contribution in [0.1, 0.15) is 24.8 Å². The van der Waals surface area contributed by atoms with Crippen LogP contribution in [-0.4, -0.2) is 35.8 Å². The molecule has 5 rings (SSSR count). The summed E-state index contributed by atoms with van der Waals surface area (Å²) in [5.41, 5.74) is 3.58. The van der Waals surface area contributed by atoms with Gasteiger partial charge in [-0.2, -0.15) is 0 Å². The Morgan fingerprint density at radius 3 is 2.69 bits per heavy atom. The molecule has 182 valence electrons. The highest BCUT2D eigenvalue weighted by Crippen LogP contribution is 2.29. The quantitative estimate of drug-likeness (QED) is 0.172. The number of benzene rings is 3. The number of nitrogens with one attached hydrogen (secondary N) is 2. The molecule has 1 fully saturated rings. The number of aliphatic hydroxyl groups is 1. The normalized spacial score (nSPS) is 14.5. The van der Waals surface area contributed by atoms with Gasteiger partial charge in [-0.1, -0.05) is 17.7 Å². The number of piperidine rings is 1. The fourth-order valence-electron chi connectivity index (χ4n) is 4.42. The average molecular weight is 508 g/mol. The second kappa shape index (κ2) is 11.4. The van der Waals surface area contributed by atoms with E-state index in [-0.39, 0.29) is 6.10 Å². The molecule has 4 aromatic rings. The number of hydrogen-bond donors (Lipinski definition) is 3. The maximum absolute atomic E-state index is 9.75. The number of nitrogens with zero attached hydrogens (tertiary/aromatic N) is 1. The number of rotatable bonds is 9. The minimum Gasteiger partial charge on any atom is -0.457 e. The lowest BCUT2D eigenvalue weighted by molar-refractivity contribution is 0.145. The van der Waals surface area contributed by atoms with Gasteiger partial charge >= 0.3 is 0 Å². The molecule has 2 heterocycles. The summed E-state index contributed by atoms with van der Waals surface area (Å²) in [6.45, 7) is 2.66. The van der Waals surface area contributed by atoms with Gasteiger partial charge in [0.2, 0.25) is 0 Å². The molecule has 3 aromatic carbocycles. The smallest absolute Gasteiger partial charge is 0.129 e. The van der Waals surface area contributed by atoms with E-state index in [1.165, 1.54) is 10.9 Å². The van der Waals surface area contributed by atoms with E-state index in [0.29, 0.717) is 0 Å². The molecule has 0 amide bonds. The van der Waals surface area contributed by atoms with Gasteiger partial charge < -0.3 is 19.7 Å². The molecule has 1 aliphatic heterocycles. The summed E-state index contributed by atoms with van der Waals surface area (Å²) >= 11 is 7.79. The Morgan fingerprint density at radius 2 is 1.86 bits per heavy atom. The summed E-state index contributed by atoms with van der Waals surface area (Å²) in [5.74, 6) is 1.64. The van der Waals surface area contributed by atoms with Crippen LogP contribution in [0.3, 0.4) is 0 Å². The van der Waals surface area contributed by atoms with E-state index in [1.54, 1.807) is 11.9 Å². The number of halogens is 1. The zero-order valence-electron chi connectivity index (χ0n) is 19.5. The number of aromatic amines is 1. The summed E-state index contributed by atoms with van der Waals surface area (Å²) in [4.78, 5) is 6.77. The Bertz CT molecular complexity index is 1250. The summed E-state index contributed by atoms with van der Waals surface area (Å²) in [5, 5.41) is 11.7. The van der Waals surface area contributed by atoms with Crippen molar-refractivity contribution in [3.05, 3.63) is 83.5 Å². The molecule has 1 aromatic heterocycles. The number of hydrogen-bond acceptors (Lipinski definition) is 5. The molecular formula is C28H30ClN3O2S. The highest BCUT2D eigenvalue weighted by Gasteiger charge is 2.17. The van der Waals surface area contributed by atoms with E-state index in [0.717, 1.165) is 77.9 Å². The molecule has 0 atom stereocenters.